The summed E-state index contributed by atoms with van der Waals surface area (Å²) in [5.41, 5.74) is 0.433. The van der Waals surface area contributed by atoms with Gasteiger partial charge in [0.25, 0.3) is 5.91 Å². The number of nitrogens with one attached hydrogen (secondary N) is 2. The highest BCUT2D eigenvalue weighted by Gasteiger charge is 2.35. The zero-order valence-corrected chi connectivity index (χ0v) is 12.3. The van der Waals surface area contributed by atoms with Gasteiger partial charge >= 0.3 is 5.97 Å². The number of H-pyrrole nitrogens is 1. The van der Waals surface area contributed by atoms with Crippen molar-refractivity contribution in [1.82, 2.24) is 10.3 Å². The first kappa shape index (κ1) is 15.1. The SMILES string of the molecule is CCC(CC)(CNC(=O)c1cc2ccccc2[nH]1)C(=O)O. The molecular weight excluding hydrogens is 268 g/mol. The van der Waals surface area contributed by atoms with Gasteiger partial charge in [-0.25, -0.2) is 0 Å². The minimum atomic E-state index is -0.901. The van der Waals surface area contributed by atoms with E-state index in [1.807, 2.05) is 38.1 Å². The van der Waals surface area contributed by atoms with E-state index in [9.17, 15) is 14.7 Å². The molecule has 2 rings (SSSR count). The molecule has 0 spiro atoms. The molecule has 0 aliphatic carbocycles. The molecule has 0 radical (unpaired) electrons. The highest BCUT2D eigenvalue weighted by atomic mass is 16.4. The van der Waals surface area contributed by atoms with E-state index in [1.165, 1.54) is 0 Å². The maximum atomic E-state index is 12.2. The number of aromatic amines is 1. The summed E-state index contributed by atoms with van der Waals surface area (Å²) in [6, 6.07) is 9.38. The molecule has 1 heterocycles. The fraction of sp³-hybridized carbons (Fsp3) is 0.375. The second-order valence-corrected chi connectivity index (χ2v) is 5.25. The summed E-state index contributed by atoms with van der Waals surface area (Å²) in [7, 11) is 0. The number of rotatable bonds is 6. The molecule has 0 saturated carbocycles. The largest absolute Gasteiger partial charge is 0.481 e. The Morgan fingerprint density at radius 1 is 1.24 bits per heavy atom. The van der Waals surface area contributed by atoms with E-state index in [0.717, 1.165) is 10.9 Å². The van der Waals surface area contributed by atoms with Gasteiger partial charge in [0.1, 0.15) is 5.69 Å². The normalized spacial score (nSPS) is 11.5. The monoisotopic (exact) mass is 288 g/mol. The number of benzene rings is 1. The van der Waals surface area contributed by atoms with E-state index in [2.05, 4.69) is 10.3 Å². The minimum Gasteiger partial charge on any atom is -0.481 e. The predicted molar refractivity (Wildman–Crippen MR) is 81.3 cm³/mol. The number of fused-ring (bicyclic) bond motifs is 1. The molecule has 3 N–H and O–H groups in total. The molecule has 0 bridgehead atoms. The summed E-state index contributed by atoms with van der Waals surface area (Å²) in [6.07, 6.45) is 0.956. The van der Waals surface area contributed by atoms with Gasteiger partial charge in [0, 0.05) is 17.4 Å². The third-order valence-corrected chi connectivity index (χ3v) is 4.17. The van der Waals surface area contributed by atoms with Crippen LogP contribution in [0.25, 0.3) is 10.9 Å². The van der Waals surface area contributed by atoms with E-state index in [4.69, 9.17) is 0 Å². The lowest BCUT2D eigenvalue weighted by Crippen LogP contribution is -2.42. The quantitative estimate of drug-likeness (QED) is 0.764. The molecule has 0 fully saturated rings. The molecular formula is C16H20N2O3. The van der Waals surface area contributed by atoms with Gasteiger partial charge in [-0.05, 0) is 25.0 Å². The third kappa shape index (κ3) is 2.91. The van der Waals surface area contributed by atoms with Gasteiger partial charge in [0.15, 0.2) is 0 Å². The maximum Gasteiger partial charge on any atom is 0.311 e. The average molecular weight is 288 g/mol. The number of amides is 1. The Kier molecular flexibility index (Phi) is 4.31. The van der Waals surface area contributed by atoms with Crippen LogP contribution in [0, 0.1) is 5.41 Å². The second-order valence-electron chi connectivity index (χ2n) is 5.25. The number of hydrogen-bond acceptors (Lipinski definition) is 2. The molecule has 2 aromatic rings. The summed E-state index contributed by atoms with van der Waals surface area (Å²) in [6.45, 7) is 3.78. The van der Waals surface area contributed by atoms with E-state index in [1.54, 1.807) is 6.07 Å². The molecule has 5 nitrogen and oxygen atoms in total. The summed E-state index contributed by atoms with van der Waals surface area (Å²) < 4.78 is 0. The van der Waals surface area contributed by atoms with E-state index < -0.39 is 11.4 Å². The Balaban J connectivity index is 2.12. The number of carboxylic acid groups (broad SMARTS) is 1. The van der Waals surface area contributed by atoms with Crippen LogP contribution in [-0.2, 0) is 4.79 Å². The van der Waals surface area contributed by atoms with Gasteiger partial charge in [-0.15, -0.1) is 0 Å². The van der Waals surface area contributed by atoms with Crippen LogP contribution in [-0.4, -0.2) is 28.5 Å². The topological polar surface area (TPSA) is 82.2 Å². The lowest BCUT2D eigenvalue weighted by molar-refractivity contribution is -0.149. The van der Waals surface area contributed by atoms with Gasteiger partial charge in [-0.3, -0.25) is 9.59 Å². The highest BCUT2D eigenvalue weighted by molar-refractivity contribution is 5.98. The lowest BCUT2D eigenvalue weighted by Gasteiger charge is -2.26. The average Bonchev–Trinajstić information content (AvgIpc) is 2.92. The standard InChI is InChI=1S/C16H20N2O3/c1-3-16(4-2,15(20)21)10-17-14(19)13-9-11-7-5-6-8-12(11)18-13/h5-9,18H,3-4,10H2,1-2H3,(H,17,19)(H,20,21). The van der Waals surface area contributed by atoms with E-state index in [0.29, 0.717) is 18.5 Å². The molecule has 0 aliphatic rings. The van der Waals surface area contributed by atoms with Gasteiger partial charge in [0.2, 0.25) is 0 Å². The Morgan fingerprint density at radius 2 is 1.90 bits per heavy atom. The fourth-order valence-corrected chi connectivity index (χ4v) is 2.42. The number of para-hydroxylation sites is 1. The fourth-order valence-electron chi connectivity index (χ4n) is 2.42. The molecule has 0 saturated heterocycles. The Bertz CT molecular complexity index is 623. The Hall–Kier alpha value is -2.30. The summed E-state index contributed by atoms with van der Waals surface area (Å²) in [5, 5.41) is 13.1. The summed E-state index contributed by atoms with van der Waals surface area (Å²) >= 11 is 0. The smallest absolute Gasteiger partial charge is 0.311 e. The van der Waals surface area contributed by atoms with Crippen LogP contribution < -0.4 is 5.32 Å². The third-order valence-electron chi connectivity index (χ3n) is 4.17. The van der Waals surface area contributed by atoms with Gasteiger partial charge < -0.3 is 15.4 Å². The molecule has 0 atom stereocenters. The van der Waals surface area contributed by atoms with Crippen LogP contribution in [0.3, 0.4) is 0 Å². The van der Waals surface area contributed by atoms with E-state index >= 15 is 0 Å². The van der Waals surface area contributed by atoms with Crippen LogP contribution in [0.15, 0.2) is 30.3 Å². The first-order valence-corrected chi connectivity index (χ1v) is 7.11. The van der Waals surface area contributed by atoms with Crippen molar-refractivity contribution >= 4 is 22.8 Å². The van der Waals surface area contributed by atoms with Crippen LogP contribution in [0.2, 0.25) is 0 Å². The Labute approximate surface area is 123 Å². The lowest BCUT2D eigenvalue weighted by atomic mass is 9.82. The van der Waals surface area contributed by atoms with Crippen molar-refractivity contribution in [3.63, 3.8) is 0 Å². The number of aliphatic carboxylic acids is 1. The molecule has 0 unspecified atom stereocenters. The number of carboxylic acids is 1. The predicted octanol–water partition coefficient (Wildman–Crippen LogP) is 2.79. The van der Waals surface area contributed by atoms with Crippen molar-refractivity contribution in [2.75, 3.05) is 6.54 Å². The number of aromatic nitrogens is 1. The molecule has 1 amide bonds. The first-order valence-electron chi connectivity index (χ1n) is 7.11. The molecule has 1 aromatic heterocycles. The zero-order valence-electron chi connectivity index (χ0n) is 12.3. The van der Waals surface area contributed by atoms with Gasteiger partial charge in [-0.2, -0.15) is 0 Å². The van der Waals surface area contributed by atoms with Crippen molar-refractivity contribution < 1.29 is 14.7 Å². The molecule has 5 heteroatoms. The van der Waals surface area contributed by atoms with Crippen LogP contribution in [0.5, 0.6) is 0 Å². The number of carbonyl (C=O) groups excluding carboxylic acids is 1. The zero-order chi connectivity index (χ0) is 15.5. The second kappa shape index (κ2) is 5.99. The summed E-state index contributed by atoms with van der Waals surface area (Å²) in [5.74, 6) is -1.15. The molecule has 112 valence electrons. The van der Waals surface area contributed by atoms with Crippen molar-refractivity contribution in [2.45, 2.75) is 26.7 Å². The van der Waals surface area contributed by atoms with E-state index in [-0.39, 0.29) is 12.5 Å². The van der Waals surface area contributed by atoms with Crippen LogP contribution in [0.4, 0.5) is 0 Å². The van der Waals surface area contributed by atoms with Gasteiger partial charge in [-0.1, -0.05) is 32.0 Å². The minimum absolute atomic E-state index is 0.129. The van der Waals surface area contributed by atoms with Crippen molar-refractivity contribution in [2.24, 2.45) is 5.41 Å². The van der Waals surface area contributed by atoms with Crippen molar-refractivity contribution in [1.29, 1.82) is 0 Å². The molecule has 1 aromatic carbocycles. The van der Waals surface area contributed by atoms with Gasteiger partial charge in [0.05, 0.1) is 5.41 Å². The summed E-state index contributed by atoms with van der Waals surface area (Å²) in [4.78, 5) is 26.6. The highest BCUT2D eigenvalue weighted by Crippen LogP contribution is 2.26. The van der Waals surface area contributed by atoms with Crippen molar-refractivity contribution in [3.05, 3.63) is 36.0 Å². The maximum absolute atomic E-state index is 12.2. The van der Waals surface area contributed by atoms with Crippen LogP contribution in [0.1, 0.15) is 37.2 Å². The number of carbonyl (C=O) groups is 2. The molecule has 21 heavy (non-hydrogen) atoms. The van der Waals surface area contributed by atoms with Crippen molar-refractivity contribution in [3.8, 4) is 0 Å². The number of hydrogen-bond donors (Lipinski definition) is 3. The first-order chi connectivity index (χ1) is 10.0. The Morgan fingerprint density at radius 3 is 2.48 bits per heavy atom. The molecule has 0 aliphatic heterocycles. The van der Waals surface area contributed by atoms with Crippen LogP contribution >= 0.6 is 0 Å².